The van der Waals surface area contributed by atoms with Crippen LogP contribution in [0.5, 0.6) is 0 Å². The molecule has 0 saturated carbocycles. The van der Waals surface area contributed by atoms with E-state index in [9.17, 15) is 9.59 Å². The molecule has 2 unspecified atom stereocenters. The molecule has 2 rings (SSSR count). The van der Waals surface area contributed by atoms with Gasteiger partial charge in [-0.15, -0.1) is 0 Å². The van der Waals surface area contributed by atoms with Gasteiger partial charge in [-0.3, -0.25) is 14.9 Å². The maximum atomic E-state index is 12.1. The number of hydrogen-bond acceptors (Lipinski definition) is 2. The highest BCUT2D eigenvalue weighted by molar-refractivity contribution is 6.42. The fraction of sp³-hybridized carbons (Fsp3) is 0.467. The second kappa shape index (κ2) is 6.15. The van der Waals surface area contributed by atoms with Crippen LogP contribution in [-0.2, 0) is 9.59 Å². The minimum absolute atomic E-state index is 0.131. The van der Waals surface area contributed by atoms with Gasteiger partial charge in [-0.25, -0.2) is 0 Å². The molecule has 1 N–H and O–H groups in total. The van der Waals surface area contributed by atoms with E-state index in [0.29, 0.717) is 22.4 Å². The average molecular weight is 314 g/mol. The lowest BCUT2D eigenvalue weighted by Crippen LogP contribution is -2.45. The van der Waals surface area contributed by atoms with Gasteiger partial charge in [0.2, 0.25) is 11.8 Å². The zero-order valence-corrected chi connectivity index (χ0v) is 13.0. The van der Waals surface area contributed by atoms with Gasteiger partial charge in [-0.05, 0) is 30.0 Å². The Kier molecular flexibility index (Phi) is 4.71. The highest BCUT2D eigenvalue weighted by atomic mass is 35.5. The van der Waals surface area contributed by atoms with Gasteiger partial charge in [0.25, 0.3) is 0 Å². The van der Waals surface area contributed by atoms with Gasteiger partial charge in [0.05, 0.1) is 10.0 Å². The summed E-state index contributed by atoms with van der Waals surface area (Å²) in [7, 11) is 0. The third-order valence-electron chi connectivity index (χ3n) is 3.59. The number of carbonyl (C=O) groups is 2. The molecule has 1 aliphatic heterocycles. The van der Waals surface area contributed by atoms with E-state index < -0.39 is 0 Å². The molecular formula is C15H17Cl2NO2. The lowest BCUT2D eigenvalue weighted by molar-refractivity contribution is -0.137. The van der Waals surface area contributed by atoms with Gasteiger partial charge < -0.3 is 0 Å². The number of hydrogen-bond donors (Lipinski definition) is 1. The largest absolute Gasteiger partial charge is 0.296 e. The van der Waals surface area contributed by atoms with Gasteiger partial charge in [0.15, 0.2) is 0 Å². The van der Waals surface area contributed by atoms with Crippen LogP contribution < -0.4 is 5.32 Å². The molecule has 0 bridgehead atoms. The first-order chi connectivity index (χ1) is 9.38. The van der Waals surface area contributed by atoms with Crippen molar-refractivity contribution in [3.05, 3.63) is 33.8 Å². The first-order valence-corrected chi connectivity index (χ1v) is 7.42. The molecule has 1 aliphatic rings. The molecule has 20 heavy (non-hydrogen) atoms. The number of carbonyl (C=O) groups excluding carboxylic acids is 2. The third kappa shape index (κ3) is 3.33. The Hall–Kier alpha value is -1.06. The van der Waals surface area contributed by atoms with Crippen LogP contribution in [0, 0.1) is 11.8 Å². The Bertz CT molecular complexity index is 543. The standard InChI is InChI=1S/C15H17Cl2NO2/c1-8(2)5-11-10(7-14(19)18-15(11)20)9-3-4-12(16)13(17)6-9/h3-4,6,8,10-11H,5,7H2,1-2H3,(H,18,19,20). The molecule has 5 heteroatoms. The zero-order valence-electron chi connectivity index (χ0n) is 11.5. The van der Waals surface area contributed by atoms with Gasteiger partial charge in [0, 0.05) is 18.3 Å². The monoisotopic (exact) mass is 313 g/mol. The highest BCUT2D eigenvalue weighted by Gasteiger charge is 2.37. The quantitative estimate of drug-likeness (QED) is 0.863. The molecule has 0 aliphatic carbocycles. The van der Waals surface area contributed by atoms with E-state index in [4.69, 9.17) is 23.2 Å². The van der Waals surface area contributed by atoms with Crippen LogP contribution in [0.2, 0.25) is 10.0 Å². The van der Waals surface area contributed by atoms with E-state index in [1.54, 1.807) is 12.1 Å². The van der Waals surface area contributed by atoms with E-state index in [2.05, 4.69) is 19.2 Å². The van der Waals surface area contributed by atoms with Crippen LogP contribution in [0.4, 0.5) is 0 Å². The summed E-state index contributed by atoms with van der Waals surface area (Å²) in [6, 6.07) is 5.31. The Morgan fingerprint density at radius 1 is 1.25 bits per heavy atom. The zero-order chi connectivity index (χ0) is 14.9. The van der Waals surface area contributed by atoms with Crippen molar-refractivity contribution in [2.24, 2.45) is 11.8 Å². The Morgan fingerprint density at radius 2 is 1.95 bits per heavy atom. The molecule has 0 aromatic heterocycles. The van der Waals surface area contributed by atoms with Crippen molar-refractivity contribution >= 4 is 35.0 Å². The van der Waals surface area contributed by atoms with Gasteiger partial charge in [-0.2, -0.15) is 0 Å². The van der Waals surface area contributed by atoms with Crippen LogP contribution in [0.3, 0.4) is 0 Å². The van der Waals surface area contributed by atoms with Crippen molar-refractivity contribution in [2.45, 2.75) is 32.6 Å². The van der Waals surface area contributed by atoms with Crippen molar-refractivity contribution in [1.82, 2.24) is 5.32 Å². The second-order valence-corrected chi connectivity index (χ2v) is 6.45. The maximum Gasteiger partial charge on any atom is 0.230 e. The molecule has 1 heterocycles. The summed E-state index contributed by atoms with van der Waals surface area (Å²) in [6.07, 6.45) is 1.05. The smallest absolute Gasteiger partial charge is 0.230 e. The summed E-state index contributed by atoms with van der Waals surface area (Å²) >= 11 is 12.0. The van der Waals surface area contributed by atoms with E-state index >= 15 is 0 Å². The predicted octanol–water partition coefficient (Wildman–Crippen LogP) is 3.79. The Balaban J connectivity index is 2.34. The topological polar surface area (TPSA) is 46.2 Å². The number of imide groups is 1. The molecule has 0 spiro atoms. The summed E-state index contributed by atoms with van der Waals surface area (Å²) in [5, 5.41) is 3.35. The number of amides is 2. The Labute approximate surface area is 128 Å². The minimum atomic E-state index is -0.230. The molecule has 2 atom stereocenters. The first kappa shape index (κ1) is 15.3. The number of rotatable bonds is 3. The second-order valence-electron chi connectivity index (χ2n) is 5.63. The molecule has 0 radical (unpaired) electrons. The third-order valence-corrected chi connectivity index (χ3v) is 4.33. The van der Waals surface area contributed by atoms with Crippen LogP contribution in [0.1, 0.15) is 38.2 Å². The summed E-state index contributed by atoms with van der Waals surface area (Å²) in [5.41, 5.74) is 0.897. The summed E-state index contributed by atoms with van der Waals surface area (Å²) in [5.74, 6) is -0.375. The normalized spacial score (nSPS) is 23.1. The molecule has 3 nitrogen and oxygen atoms in total. The molecule has 1 aromatic rings. The number of benzene rings is 1. The van der Waals surface area contributed by atoms with Crippen LogP contribution in [0.15, 0.2) is 18.2 Å². The van der Waals surface area contributed by atoms with Crippen LogP contribution >= 0.6 is 23.2 Å². The van der Waals surface area contributed by atoms with Crippen molar-refractivity contribution in [3.8, 4) is 0 Å². The fourth-order valence-corrected chi connectivity index (χ4v) is 2.98. The number of nitrogens with one attached hydrogen (secondary N) is 1. The van der Waals surface area contributed by atoms with E-state index in [0.717, 1.165) is 12.0 Å². The molecule has 108 valence electrons. The maximum absolute atomic E-state index is 12.1. The van der Waals surface area contributed by atoms with Crippen LogP contribution in [0.25, 0.3) is 0 Å². The van der Waals surface area contributed by atoms with Crippen molar-refractivity contribution in [1.29, 1.82) is 0 Å². The van der Waals surface area contributed by atoms with E-state index in [-0.39, 0.29) is 23.7 Å². The summed E-state index contributed by atoms with van der Waals surface area (Å²) < 4.78 is 0. The lowest BCUT2D eigenvalue weighted by atomic mass is 9.76. The highest BCUT2D eigenvalue weighted by Crippen LogP contribution is 2.37. The summed E-state index contributed by atoms with van der Waals surface area (Å²) in [6.45, 7) is 4.13. The lowest BCUT2D eigenvalue weighted by Gasteiger charge is -2.31. The van der Waals surface area contributed by atoms with Gasteiger partial charge >= 0.3 is 0 Å². The van der Waals surface area contributed by atoms with Gasteiger partial charge in [-0.1, -0.05) is 43.1 Å². The SMILES string of the molecule is CC(C)CC1C(=O)NC(=O)CC1c1ccc(Cl)c(Cl)c1. The number of piperidine rings is 1. The minimum Gasteiger partial charge on any atom is -0.296 e. The Morgan fingerprint density at radius 3 is 2.55 bits per heavy atom. The average Bonchev–Trinajstić information content (AvgIpc) is 2.35. The predicted molar refractivity (Wildman–Crippen MR) is 79.9 cm³/mol. The van der Waals surface area contributed by atoms with Crippen molar-refractivity contribution in [2.75, 3.05) is 0 Å². The van der Waals surface area contributed by atoms with E-state index in [1.165, 1.54) is 0 Å². The van der Waals surface area contributed by atoms with E-state index in [1.807, 2.05) is 6.07 Å². The molecule has 1 saturated heterocycles. The van der Waals surface area contributed by atoms with Gasteiger partial charge in [0.1, 0.15) is 0 Å². The fourth-order valence-electron chi connectivity index (χ4n) is 2.68. The molecule has 2 amide bonds. The first-order valence-electron chi connectivity index (χ1n) is 6.67. The van der Waals surface area contributed by atoms with Crippen molar-refractivity contribution < 1.29 is 9.59 Å². The van der Waals surface area contributed by atoms with Crippen LogP contribution in [-0.4, -0.2) is 11.8 Å². The molecule has 1 aromatic carbocycles. The summed E-state index contributed by atoms with van der Waals surface area (Å²) in [4.78, 5) is 23.7. The molecular weight excluding hydrogens is 297 g/mol. The number of halogens is 2. The van der Waals surface area contributed by atoms with Crippen molar-refractivity contribution in [3.63, 3.8) is 0 Å². The molecule has 1 fully saturated rings.